The van der Waals surface area contributed by atoms with Crippen LogP contribution >= 0.6 is 0 Å². The molecule has 0 aliphatic rings. The Morgan fingerprint density at radius 1 is 1.00 bits per heavy atom. The summed E-state index contributed by atoms with van der Waals surface area (Å²) in [5.41, 5.74) is -4.67. The van der Waals surface area contributed by atoms with Crippen LogP contribution in [0.1, 0.15) is 23.7 Å². The number of rotatable bonds is 4. The standard InChI is InChI=1S/C13H13F7O/c1-8-4-3-5-9(6-8)10(21-2)7-11(14,12(15,16)17)13(18,19)20/h3-6,10H,7H2,1-2H3. The average molecular weight is 318 g/mol. The molecule has 1 rings (SSSR count). The van der Waals surface area contributed by atoms with E-state index in [4.69, 9.17) is 0 Å². The molecule has 0 N–H and O–H groups in total. The van der Waals surface area contributed by atoms with Gasteiger partial charge in [0.25, 0.3) is 0 Å². The number of hydrogen-bond acceptors (Lipinski definition) is 1. The number of alkyl halides is 7. The predicted molar refractivity (Wildman–Crippen MR) is 61.5 cm³/mol. The maximum atomic E-state index is 13.7. The molecule has 0 radical (unpaired) electrons. The zero-order valence-corrected chi connectivity index (χ0v) is 11.1. The molecule has 1 aromatic rings. The van der Waals surface area contributed by atoms with Crippen LogP contribution in [0, 0.1) is 6.92 Å². The molecular formula is C13H13F7O. The number of halogens is 7. The van der Waals surface area contributed by atoms with Crippen molar-refractivity contribution in [2.75, 3.05) is 7.11 Å². The van der Waals surface area contributed by atoms with E-state index in [0.29, 0.717) is 5.56 Å². The van der Waals surface area contributed by atoms with E-state index in [0.717, 1.165) is 7.11 Å². The molecule has 0 aliphatic carbocycles. The molecule has 1 unspecified atom stereocenters. The summed E-state index contributed by atoms with van der Waals surface area (Å²) < 4.78 is 93.6. The third kappa shape index (κ3) is 3.66. The third-order valence-electron chi connectivity index (χ3n) is 3.06. The van der Waals surface area contributed by atoms with Gasteiger partial charge in [-0.25, -0.2) is 4.39 Å². The van der Waals surface area contributed by atoms with Gasteiger partial charge in [0, 0.05) is 13.5 Å². The van der Waals surface area contributed by atoms with E-state index >= 15 is 0 Å². The summed E-state index contributed by atoms with van der Waals surface area (Å²) in [5, 5.41) is 0. The van der Waals surface area contributed by atoms with Gasteiger partial charge in [-0.05, 0) is 12.5 Å². The predicted octanol–water partition coefficient (Wildman–Crippen LogP) is 4.91. The summed E-state index contributed by atoms with van der Waals surface area (Å²) in [5.74, 6) is 0. The zero-order valence-electron chi connectivity index (χ0n) is 11.1. The first-order valence-electron chi connectivity index (χ1n) is 5.84. The highest BCUT2D eigenvalue weighted by molar-refractivity contribution is 5.25. The molecule has 0 saturated carbocycles. The smallest absolute Gasteiger partial charge is 0.377 e. The molecule has 0 bridgehead atoms. The minimum Gasteiger partial charge on any atom is -0.377 e. The van der Waals surface area contributed by atoms with Crippen molar-refractivity contribution in [3.05, 3.63) is 35.4 Å². The second-order valence-corrected chi connectivity index (χ2v) is 4.64. The van der Waals surface area contributed by atoms with Crippen molar-refractivity contribution in [2.45, 2.75) is 37.5 Å². The molecule has 0 aliphatic heterocycles. The van der Waals surface area contributed by atoms with Crippen molar-refractivity contribution in [1.82, 2.24) is 0 Å². The second kappa shape index (κ2) is 5.82. The molecule has 0 saturated heterocycles. The van der Waals surface area contributed by atoms with Gasteiger partial charge in [-0.1, -0.05) is 29.8 Å². The van der Waals surface area contributed by atoms with Crippen molar-refractivity contribution >= 4 is 0 Å². The second-order valence-electron chi connectivity index (χ2n) is 4.64. The van der Waals surface area contributed by atoms with Crippen LogP contribution < -0.4 is 0 Å². The Morgan fingerprint density at radius 3 is 1.90 bits per heavy atom. The lowest BCUT2D eigenvalue weighted by atomic mass is 9.92. The summed E-state index contributed by atoms with van der Waals surface area (Å²) >= 11 is 0. The largest absolute Gasteiger partial charge is 0.431 e. The Hall–Kier alpha value is -1.31. The van der Waals surface area contributed by atoms with Crippen LogP contribution in [-0.2, 0) is 4.74 Å². The van der Waals surface area contributed by atoms with E-state index in [2.05, 4.69) is 4.74 Å². The van der Waals surface area contributed by atoms with E-state index in [1.165, 1.54) is 18.2 Å². The molecule has 0 fully saturated rings. The van der Waals surface area contributed by atoms with Crippen molar-refractivity contribution in [3.63, 3.8) is 0 Å². The summed E-state index contributed by atoms with van der Waals surface area (Å²) in [4.78, 5) is 0. The molecule has 0 spiro atoms. The number of aryl methyl sites for hydroxylation is 1. The summed E-state index contributed by atoms with van der Waals surface area (Å²) in [7, 11) is 0.931. The van der Waals surface area contributed by atoms with Crippen molar-refractivity contribution < 1.29 is 35.5 Å². The maximum absolute atomic E-state index is 13.7. The quantitative estimate of drug-likeness (QED) is 0.717. The lowest BCUT2D eigenvalue weighted by Gasteiger charge is -2.32. The Balaban J connectivity index is 3.18. The molecular weight excluding hydrogens is 305 g/mol. The van der Waals surface area contributed by atoms with E-state index in [-0.39, 0.29) is 5.56 Å². The number of hydrogen-bond donors (Lipinski definition) is 0. The van der Waals surface area contributed by atoms with Gasteiger partial charge >= 0.3 is 18.0 Å². The molecule has 1 aromatic carbocycles. The van der Waals surface area contributed by atoms with Crippen LogP contribution in [0.3, 0.4) is 0 Å². The zero-order chi connectivity index (χ0) is 16.5. The lowest BCUT2D eigenvalue weighted by Crippen LogP contribution is -2.54. The highest BCUT2D eigenvalue weighted by Gasteiger charge is 2.72. The van der Waals surface area contributed by atoms with E-state index in [1.807, 2.05) is 0 Å². The van der Waals surface area contributed by atoms with Crippen LogP contribution in [0.15, 0.2) is 24.3 Å². The minimum absolute atomic E-state index is 0.0491. The van der Waals surface area contributed by atoms with Gasteiger partial charge in [0.2, 0.25) is 0 Å². The fraction of sp³-hybridized carbons (Fsp3) is 0.538. The lowest BCUT2D eigenvalue weighted by molar-refractivity contribution is -0.348. The molecule has 1 atom stereocenters. The molecule has 0 heterocycles. The normalized spacial score (nSPS) is 15.1. The summed E-state index contributed by atoms with van der Waals surface area (Å²) in [6.07, 6.45) is -15.7. The fourth-order valence-corrected chi connectivity index (χ4v) is 1.86. The van der Waals surface area contributed by atoms with Crippen molar-refractivity contribution in [2.24, 2.45) is 0 Å². The summed E-state index contributed by atoms with van der Waals surface area (Å²) in [6.45, 7) is 1.60. The van der Waals surface area contributed by atoms with Gasteiger partial charge in [0.05, 0.1) is 6.10 Å². The first-order chi connectivity index (χ1) is 9.42. The third-order valence-corrected chi connectivity index (χ3v) is 3.06. The van der Waals surface area contributed by atoms with Gasteiger partial charge in [0.1, 0.15) is 0 Å². The van der Waals surface area contributed by atoms with Gasteiger partial charge in [-0.15, -0.1) is 0 Å². The Morgan fingerprint density at radius 2 is 1.52 bits per heavy atom. The fourth-order valence-electron chi connectivity index (χ4n) is 1.86. The van der Waals surface area contributed by atoms with E-state index in [1.54, 1.807) is 13.0 Å². The first-order valence-corrected chi connectivity index (χ1v) is 5.84. The molecule has 8 heteroatoms. The van der Waals surface area contributed by atoms with Crippen LogP contribution in [0.25, 0.3) is 0 Å². The van der Waals surface area contributed by atoms with E-state index in [9.17, 15) is 30.7 Å². The van der Waals surface area contributed by atoms with Gasteiger partial charge in [0.15, 0.2) is 0 Å². The van der Waals surface area contributed by atoms with Crippen LogP contribution in [-0.4, -0.2) is 25.1 Å². The highest BCUT2D eigenvalue weighted by Crippen LogP contribution is 2.51. The highest BCUT2D eigenvalue weighted by atomic mass is 19.4. The molecule has 0 aromatic heterocycles. The molecule has 1 nitrogen and oxygen atoms in total. The van der Waals surface area contributed by atoms with Crippen LogP contribution in [0.5, 0.6) is 0 Å². The number of ether oxygens (including phenoxy) is 1. The Labute approximate surface area is 116 Å². The van der Waals surface area contributed by atoms with Crippen LogP contribution in [0.4, 0.5) is 30.7 Å². The Bertz CT molecular complexity index is 464. The van der Waals surface area contributed by atoms with Crippen molar-refractivity contribution in [1.29, 1.82) is 0 Å². The summed E-state index contributed by atoms with van der Waals surface area (Å²) in [6, 6.07) is 5.68. The number of methoxy groups -OCH3 is 1. The first kappa shape index (κ1) is 17.7. The van der Waals surface area contributed by atoms with Gasteiger partial charge in [-0.3, -0.25) is 0 Å². The molecule has 0 amide bonds. The maximum Gasteiger partial charge on any atom is 0.431 e. The SMILES string of the molecule is COC(CC(F)(C(F)(F)F)C(F)(F)F)c1cccc(C)c1. The topological polar surface area (TPSA) is 9.23 Å². The molecule has 120 valence electrons. The van der Waals surface area contributed by atoms with Crippen molar-refractivity contribution in [3.8, 4) is 0 Å². The van der Waals surface area contributed by atoms with Crippen LogP contribution in [0.2, 0.25) is 0 Å². The molecule has 21 heavy (non-hydrogen) atoms. The average Bonchev–Trinajstić information content (AvgIpc) is 2.32. The number of benzene rings is 1. The monoisotopic (exact) mass is 318 g/mol. The van der Waals surface area contributed by atoms with Gasteiger partial charge < -0.3 is 4.74 Å². The van der Waals surface area contributed by atoms with Gasteiger partial charge in [-0.2, -0.15) is 26.3 Å². The minimum atomic E-state index is -6.08. The Kier molecular flexibility index (Phi) is 4.92. The van der Waals surface area contributed by atoms with E-state index < -0.39 is 30.5 Å².